The molecule has 0 aromatic heterocycles. The number of amides is 1. The Morgan fingerprint density at radius 2 is 1.90 bits per heavy atom. The van der Waals surface area contributed by atoms with Crippen LogP contribution in [0.3, 0.4) is 0 Å². The second kappa shape index (κ2) is 7.18. The van der Waals surface area contributed by atoms with Gasteiger partial charge in [-0.15, -0.1) is 0 Å². The summed E-state index contributed by atoms with van der Waals surface area (Å²) < 4.78 is 0. The Morgan fingerprint density at radius 3 is 2.52 bits per heavy atom. The van der Waals surface area contributed by atoms with Gasteiger partial charge in [-0.05, 0) is 12.8 Å². The molecule has 21 heavy (non-hydrogen) atoms. The molecule has 0 saturated heterocycles. The highest BCUT2D eigenvalue weighted by atomic mass is 32.2. The van der Waals surface area contributed by atoms with Gasteiger partial charge in [0, 0.05) is 5.56 Å². The Balaban J connectivity index is 2.32. The summed E-state index contributed by atoms with van der Waals surface area (Å²) in [5.74, 6) is -0.339. The van der Waals surface area contributed by atoms with Crippen LogP contribution in [0.15, 0.2) is 58.0 Å². The van der Waals surface area contributed by atoms with E-state index in [0.717, 1.165) is 6.42 Å². The van der Waals surface area contributed by atoms with Crippen molar-refractivity contribution < 1.29 is 9.59 Å². The van der Waals surface area contributed by atoms with Crippen LogP contribution in [0.4, 0.5) is 0 Å². The van der Waals surface area contributed by atoms with Crippen LogP contribution in [-0.2, 0) is 4.79 Å². The molecule has 1 aromatic rings. The predicted octanol–water partition coefficient (Wildman–Crippen LogP) is 4.17. The zero-order valence-electron chi connectivity index (χ0n) is 12.1. The molecule has 1 aliphatic rings. The van der Waals surface area contributed by atoms with Crippen LogP contribution in [0.25, 0.3) is 0 Å². The van der Waals surface area contributed by atoms with Crippen molar-refractivity contribution in [3.8, 4) is 0 Å². The summed E-state index contributed by atoms with van der Waals surface area (Å²) in [6.07, 6.45) is 5.17. The maximum atomic E-state index is 12.6. The number of aliphatic imine (C=N–C) groups is 1. The molecule has 4 heteroatoms. The SMILES string of the molecule is CCC=C1SC(C(=CCC)C(=O)c2ccccc2)=NC1=O. The van der Waals surface area contributed by atoms with E-state index < -0.39 is 0 Å². The summed E-state index contributed by atoms with van der Waals surface area (Å²) in [5.41, 5.74) is 1.13. The molecule has 1 aromatic carbocycles. The minimum atomic E-state index is -0.250. The molecule has 108 valence electrons. The molecule has 3 nitrogen and oxygen atoms in total. The number of rotatable bonds is 5. The van der Waals surface area contributed by atoms with E-state index in [1.54, 1.807) is 12.1 Å². The van der Waals surface area contributed by atoms with Gasteiger partial charge in [0.05, 0.1) is 10.5 Å². The number of hydrogen-bond donors (Lipinski definition) is 0. The summed E-state index contributed by atoms with van der Waals surface area (Å²) in [6.45, 7) is 3.93. The highest BCUT2D eigenvalue weighted by molar-refractivity contribution is 8.19. The summed E-state index contributed by atoms with van der Waals surface area (Å²) >= 11 is 1.29. The van der Waals surface area contributed by atoms with Crippen molar-refractivity contribution in [2.75, 3.05) is 0 Å². The van der Waals surface area contributed by atoms with E-state index in [1.165, 1.54) is 11.8 Å². The Hall–Kier alpha value is -1.94. The normalized spacial score (nSPS) is 17.2. The Kier molecular flexibility index (Phi) is 5.28. The molecule has 2 rings (SSSR count). The van der Waals surface area contributed by atoms with Crippen molar-refractivity contribution in [3.05, 3.63) is 58.5 Å². The molecular weight excluding hydrogens is 282 g/mol. The maximum Gasteiger partial charge on any atom is 0.284 e. The van der Waals surface area contributed by atoms with Gasteiger partial charge in [-0.2, -0.15) is 0 Å². The third kappa shape index (κ3) is 3.58. The van der Waals surface area contributed by atoms with Gasteiger partial charge in [-0.3, -0.25) is 9.59 Å². The fourth-order valence-electron chi connectivity index (χ4n) is 1.97. The molecule has 0 radical (unpaired) electrons. The molecule has 0 fully saturated rings. The van der Waals surface area contributed by atoms with Crippen molar-refractivity contribution >= 4 is 28.5 Å². The fraction of sp³-hybridized carbons (Fsp3) is 0.235. The summed E-state index contributed by atoms with van der Waals surface area (Å²) in [5, 5.41) is 0.510. The van der Waals surface area contributed by atoms with E-state index in [4.69, 9.17) is 0 Å². The van der Waals surface area contributed by atoms with E-state index in [-0.39, 0.29) is 11.7 Å². The first-order valence-electron chi connectivity index (χ1n) is 6.98. The van der Waals surface area contributed by atoms with Crippen LogP contribution < -0.4 is 0 Å². The van der Waals surface area contributed by atoms with Crippen molar-refractivity contribution in [3.63, 3.8) is 0 Å². The second-order valence-electron chi connectivity index (χ2n) is 4.52. The number of Topliss-reactive ketones (excluding diaryl/α,β-unsaturated/α-hetero) is 1. The number of thioether (sulfide) groups is 1. The second-order valence-corrected chi connectivity index (χ2v) is 5.55. The van der Waals surface area contributed by atoms with Gasteiger partial charge in [-0.25, -0.2) is 4.99 Å². The third-order valence-corrected chi connectivity index (χ3v) is 4.00. The number of ketones is 1. The van der Waals surface area contributed by atoms with Gasteiger partial charge < -0.3 is 0 Å². The van der Waals surface area contributed by atoms with E-state index in [2.05, 4.69) is 4.99 Å². The highest BCUT2D eigenvalue weighted by Crippen LogP contribution is 2.31. The Morgan fingerprint density at radius 1 is 1.19 bits per heavy atom. The van der Waals surface area contributed by atoms with E-state index >= 15 is 0 Å². The van der Waals surface area contributed by atoms with Crippen molar-refractivity contribution in [1.29, 1.82) is 0 Å². The Labute approximate surface area is 128 Å². The molecule has 0 atom stereocenters. The molecule has 0 N–H and O–H groups in total. The van der Waals surface area contributed by atoms with E-state index in [0.29, 0.717) is 27.5 Å². The largest absolute Gasteiger partial charge is 0.289 e. The average molecular weight is 299 g/mol. The fourth-order valence-corrected chi connectivity index (χ4v) is 2.98. The lowest BCUT2D eigenvalue weighted by atomic mass is 10.0. The van der Waals surface area contributed by atoms with E-state index in [9.17, 15) is 9.59 Å². The smallest absolute Gasteiger partial charge is 0.284 e. The number of carbonyl (C=O) groups excluding carboxylic acids is 2. The van der Waals surface area contributed by atoms with Gasteiger partial charge in [0.25, 0.3) is 5.91 Å². The summed E-state index contributed by atoms with van der Waals surface area (Å²) in [6, 6.07) is 9.07. The van der Waals surface area contributed by atoms with Crippen LogP contribution in [0.2, 0.25) is 0 Å². The lowest BCUT2D eigenvalue weighted by Crippen LogP contribution is -2.09. The molecule has 0 bridgehead atoms. The molecule has 0 saturated carbocycles. The van der Waals surface area contributed by atoms with Crippen molar-refractivity contribution in [2.24, 2.45) is 4.99 Å². The average Bonchev–Trinajstić information content (AvgIpc) is 2.86. The first kappa shape index (κ1) is 15.4. The lowest BCUT2D eigenvalue weighted by molar-refractivity contribution is -0.113. The minimum absolute atomic E-state index is 0.0887. The van der Waals surface area contributed by atoms with Gasteiger partial charge in [-0.1, -0.05) is 68.1 Å². The summed E-state index contributed by atoms with van der Waals surface area (Å²) in [4.78, 5) is 29.1. The van der Waals surface area contributed by atoms with E-state index in [1.807, 2.05) is 44.2 Å². The first-order valence-corrected chi connectivity index (χ1v) is 7.80. The maximum absolute atomic E-state index is 12.6. The molecule has 1 heterocycles. The van der Waals surface area contributed by atoms with Gasteiger partial charge in [0.1, 0.15) is 5.04 Å². The topological polar surface area (TPSA) is 46.5 Å². The monoisotopic (exact) mass is 299 g/mol. The number of allylic oxidation sites excluding steroid dienone is 2. The Bertz CT molecular complexity index is 642. The van der Waals surface area contributed by atoms with Crippen LogP contribution in [0.5, 0.6) is 0 Å². The zero-order chi connectivity index (χ0) is 15.2. The highest BCUT2D eigenvalue weighted by Gasteiger charge is 2.27. The molecule has 0 spiro atoms. The van der Waals surface area contributed by atoms with Gasteiger partial charge in [0.15, 0.2) is 5.78 Å². The van der Waals surface area contributed by atoms with Gasteiger partial charge >= 0.3 is 0 Å². The van der Waals surface area contributed by atoms with Crippen LogP contribution in [0.1, 0.15) is 37.0 Å². The molecule has 0 aliphatic carbocycles. The first-order chi connectivity index (χ1) is 10.2. The number of nitrogens with zero attached hydrogens (tertiary/aromatic N) is 1. The van der Waals surface area contributed by atoms with Crippen LogP contribution in [-0.4, -0.2) is 16.7 Å². The standard InChI is InChI=1S/C17H17NO2S/c1-3-8-13(15(19)12-10-6-5-7-11-12)17-18-16(20)14(21-17)9-4-2/h5-11H,3-4H2,1-2H3. The minimum Gasteiger partial charge on any atom is -0.289 e. The predicted molar refractivity (Wildman–Crippen MR) is 87.6 cm³/mol. The lowest BCUT2D eigenvalue weighted by Gasteiger charge is -2.05. The number of hydrogen-bond acceptors (Lipinski definition) is 3. The number of benzene rings is 1. The number of carbonyl (C=O) groups is 2. The molecular formula is C17H17NO2S. The van der Waals surface area contributed by atoms with Crippen LogP contribution in [0, 0.1) is 0 Å². The van der Waals surface area contributed by atoms with Crippen LogP contribution >= 0.6 is 11.8 Å². The zero-order valence-corrected chi connectivity index (χ0v) is 12.9. The molecule has 0 unspecified atom stereocenters. The van der Waals surface area contributed by atoms with Gasteiger partial charge in [0.2, 0.25) is 0 Å². The van der Waals surface area contributed by atoms with Crippen molar-refractivity contribution in [2.45, 2.75) is 26.7 Å². The molecule has 1 aliphatic heterocycles. The quantitative estimate of drug-likeness (QED) is 0.605. The summed E-state index contributed by atoms with van der Waals surface area (Å²) in [7, 11) is 0. The third-order valence-electron chi connectivity index (χ3n) is 2.93. The van der Waals surface area contributed by atoms with Crippen molar-refractivity contribution in [1.82, 2.24) is 0 Å². The molecule has 1 amide bonds.